The minimum Gasteiger partial charge on any atom is -0.357 e. The predicted molar refractivity (Wildman–Crippen MR) is 108 cm³/mol. The summed E-state index contributed by atoms with van der Waals surface area (Å²) in [5.74, 6) is 0.530. The number of hydrogen-bond donors (Lipinski definition) is 3. The van der Waals surface area contributed by atoms with Crippen LogP contribution in [0.15, 0.2) is 4.99 Å². The molecule has 1 saturated heterocycles. The van der Waals surface area contributed by atoms with E-state index in [1.165, 1.54) is 4.90 Å². The van der Waals surface area contributed by atoms with Gasteiger partial charge in [-0.15, -0.1) is 24.0 Å². The molecule has 0 saturated carbocycles. The highest BCUT2D eigenvalue weighted by atomic mass is 127. The molecule has 1 atom stereocenters. The zero-order valence-electron chi connectivity index (χ0n) is 15.4. The van der Waals surface area contributed by atoms with E-state index >= 15 is 0 Å². The fourth-order valence-electron chi connectivity index (χ4n) is 2.22. The van der Waals surface area contributed by atoms with Crippen LogP contribution in [0, 0.1) is 5.41 Å². The van der Waals surface area contributed by atoms with Crippen LogP contribution in [0.25, 0.3) is 0 Å². The van der Waals surface area contributed by atoms with E-state index in [0.29, 0.717) is 24.5 Å². The highest BCUT2D eigenvalue weighted by molar-refractivity contribution is 14.0. The van der Waals surface area contributed by atoms with Crippen molar-refractivity contribution in [1.29, 1.82) is 0 Å². The van der Waals surface area contributed by atoms with Crippen LogP contribution in [-0.2, 0) is 4.79 Å². The molecule has 1 fully saturated rings. The lowest BCUT2D eigenvalue weighted by molar-refractivity contribution is -0.124. The lowest BCUT2D eigenvalue weighted by atomic mass is 9.89. The lowest BCUT2D eigenvalue weighted by Crippen LogP contribution is -2.43. The van der Waals surface area contributed by atoms with E-state index in [-0.39, 0.29) is 42.5 Å². The van der Waals surface area contributed by atoms with Crippen molar-refractivity contribution < 1.29 is 9.59 Å². The number of imide groups is 1. The first-order valence-electron chi connectivity index (χ1n) is 8.36. The predicted octanol–water partition coefficient (Wildman–Crippen LogP) is 1.93. The maximum absolute atomic E-state index is 11.5. The first kappa shape index (κ1) is 22.9. The number of guanidine groups is 1. The number of amides is 3. The average molecular weight is 453 g/mol. The van der Waals surface area contributed by atoms with Gasteiger partial charge in [-0.1, -0.05) is 20.8 Å². The molecule has 0 aromatic heterocycles. The van der Waals surface area contributed by atoms with Crippen LogP contribution in [0.5, 0.6) is 0 Å². The summed E-state index contributed by atoms with van der Waals surface area (Å²) in [5, 5.41) is 9.07. The number of hydrogen-bond acceptors (Lipinski definition) is 3. The number of urea groups is 1. The molecule has 0 spiro atoms. The number of nitrogens with one attached hydrogen (secondary N) is 3. The number of rotatable bonds is 7. The van der Waals surface area contributed by atoms with Gasteiger partial charge in [0.05, 0.1) is 19.6 Å². The fourth-order valence-corrected chi connectivity index (χ4v) is 2.22. The molecular weight excluding hydrogens is 421 g/mol. The van der Waals surface area contributed by atoms with E-state index in [1.807, 2.05) is 6.92 Å². The van der Waals surface area contributed by atoms with Gasteiger partial charge in [0, 0.05) is 12.6 Å². The van der Waals surface area contributed by atoms with Gasteiger partial charge in [-0.25, -0.2) is 4.79 Å². The molecule has 3 amide bonds. The third kappa shape index (κ3) is 8.70. The Hall–Kier alpha value is -1.06. The Balaban J connectivity index is 0.00000529. The molecule has 0 aromatic carbocycles. The number of aliphatic imine (C=N–C) groups is 1. The first-order chi connectivity index (χ1) is 10.7. The van der Waals surface area contributed by atoms with E-state index in [9.17, 15) is 9.59 Å². The van der Waals surface area contributed by atoms with Crippen LogP contribution in [0.3, 0.4) is 0 Å². The molecule has 24 heavy (non-hydrogen) atoms. The molecule has 1 unspecified atom stereocenters. The first-order valence-corrected chi connectivity index (χ1v) is 8.36. The molecule has 0 aliphatic carbocycles. The Morgan fingerprint density at radius 2 is 2.04 bits per heavy atom. The van der Waals surface area contributed by atoms with E-state index in [4.69, 9.17) is 0 Å². The molecule has 7 nitrogen and oxygen atoms in total. The van der Waals surface area contributed by atoms with E-state index in [2.05, 4.69) is 48.6 Å². The molecule has 1 aliphatic heterocycles. The molecule has 140 valence electrons. The van der Waals surface area contributed by atoms with Gasteiger partial charge < -0.3 is 16.0 Å². The van der Waals surface area contributed by atoms with Gasteiger partial charge in [-0.3, -0.25) is 14.7 Å². The van der Waals surface area contributed by atoms with Gasteiger partial charge in [0.25, 0.3) is 0 Å². The maximum atomic E-state index is 11.5. The van der Waals surface area contributed by atoms with Crippen LogP contribution in [0.4, 0.5) is 4.79 Å². The van der Waals surface area contributed by atoms with Crippen molar-refractivity contribution in [3.8, 4) is 0 Å². The van der Waals surface area contributed by atoms with Crippen molar-refractivity contribution in [1.82, 2.24) is 20.9 Å². The van der Waals surface area contributed by atoms with E-state index in [1.54, 1.807) is 0 Å². The number of carbonyl (C=O) groups is 2. The van der Waals surface area contributed by atoms with Crippen molar-refractivity contribution in [2.75, 3.05) is 26.2 Å². The Morgan fingerprint density at radius 1 is 1.38 bits per heavy atom. The number of nitrogens with zero attached hydrogens (tertiary/aromatic N) is 2. The SMILES string of the molecule is CCNC(=NCCN1C(=O)CNC1=O)NC(C)CCC(C)(C)C.I. The van der Waals surface area contributed by atoms with Crippen molar-refractivity contribution in [2.45, 2.75) is 53.5 Å². The normalized spacial score (nSPS) is 16.5. The highest BCUT2D eigenvalue weighted by Crippen LogP contribution is 2.21. The summed E-state index contributed by atoms with van der Waals surface area (Å²) in [4.78, 5) is 28.6. The van der Waals surface area contributed by atoms with E-state index in [0.717, 1.165) is 25.3 Å². The van der Waals surface area contributed by atoms with Gasteiger partial charge in [0.1, 0.15) is 0 Å². The summed E-state index contributed by atoms with van der Waals surface area (Å²) in [6.07, 6.45) is 2.18. The zero-order valence-corrected chi connectivity index (χ0v) is 17.8. The molecule has 3 N–H and O–H groups in total. The summed E-state index contributed by atoms with van der Waals surface area (Å²) in [6, 6.07) is -0.0227. The molecule has 0 bridgehead atoms. The van der Waals surface area contributed by atoms with E-state index < -0.39 is 0 Å². The minimum absolute atomic E-state index is 0. The Labute approximate surface area is 162 Å². The van der Waals surface area contributed by atoms with Crippen LogP contribution in [0.2, 0.25) is 0 Å². The lowest BCUT2D eigenvalue weighted by Gasteiger charge is -2.23. The van der Waals surface area contributed by atoms with Crippen LogP contribution in [-0.4, -0.2) is 55.0 Å². The molecule has 8 heteroatoms. The smallest absolute Gasteiger partial charge is 0.324 e. The highest BCUT2D eigenvalue weighted by Gasteiger charge is 2.27. The maximum Gasteiger partial charge on any atom is 0.324 e. The quantitative estimate of drug-likeness (QED) is 0.238. The molecular formula is C16H32IN5O2. The third-order valence-corrected chi connectivity index (χ3v) is 3.59. The number of halogens is 1. The monoisotopic (exact) mass is 453 g/mol. The summed E-state index contributed by atoms with van der Waals surface area (Å²) in [5.41, 5.74) is 0.314. The number of carbonyl (C=O) groups excluding carboxylic acids is 2. The third-order valence-electron chi connectivity index (χ3n) is 3.59. The fraction of sp³-hybridized carbons (Fsp3) is 0.812. The Bertz CT molecular complexity index is 432. The standard InChI is InChI=1S/C16H31N5O2.HI/c1-6-17-14(20-12(2)7-8-16(3,4)5)18-9-10-21-13(22)11-19-15(21)23;/h12H,6-11H2,1-5H3,(H,19,23)(H2,17,18,20);1H. The second-order valence-corrected chi connectivity index (χ2v) is 7.11. The summed E-state index contributed by atoms with van der Waals surface area (Å²) in [7, 11) is 0. The van der Waals surface area contributed by atoms with Crippen molar-refractivity contribution in [3.05, 3.63) is 0 Å². The molecule has 0 aromatic rings. The summed E-state index contributed by atoms with van der Waals surface area (Å²) in [6.45, 7) is 12.4. The van der Waals surface area contributed by atoms with Crippen molar-refractivity contribution in [3.63, 3.8) is 0 Å². The Morgan fingerprint density at radius 3 is 2.54 bits per heavy atom. The second-order valence-electron chi connectivity index (χ2n) is 7.11. The molecule has 0 radical (unpaired) electrons. The van der Waals surface area contributed by atoms with Gasteiger partial charge in [-0.2, -0.15) is 0 Å². The van der Waals surface area contributed by atoms with Crippen LogP contribution >= 0.6 is 24.0 Å². The van der Waals surface area contributed by atoms with Crippen molar-refractivity contribution >= 4 is 41.9 Å². The minimum atomic E-state index is -0.332. The topological polar surface area (TPSA) is 85.8 Å². The van der Waals surface area contributed by atoms with Gasteiger partial charge in [-0.05, 0) is 32.1 Å². The Kier molecular flexibility index (Phi) is 10.3. The van der Waals surface area contributed by atoms with Gasteiger partial charge in [0.15, 0.2) is 5.96 Å². The summed E-state index contributed by atoms with van der Waals surface area (Å²) >= 11 is 0. The second kappa shape index (κ2) is 10.7. The molecule has 1 aliphatic rings. The summed E-state index contributed by atoms with van der Waals surface area (Å²) < 4.78 is 0. The zero-order chi connectivity index (χ0) is 17.5. The average Bonchev–Trinajstić information content (AvgIpc) is 2.76. The van der Waals surface area contributed by atoms with Crippen LogP contribution < -0.4 is 16.0 Å². The van der Waals surface area contributed by atoms with Gasteiger partial charge >= 0.3 is 6.03 Å². The molecule has 1 rings (SSSR count). The molecule has 1 heterocycles. The largest absolute Gasteiger partial charge is 0.357 e. The van der Waals surface area contributed by atoms with Crippen LogP contribution in [0.1, 0.15) is 47.5 Å². The van der Waals surface area contributed by atoms with Crippen molar-refractivity contribution in [2.24, 2.45) is 10.4 Å². The van der Waals surface area contributed by atoms with Gasteiger partial charge in [0.2, 0.25) is 5.91 Å².